The lowest BCUT2D eigenvalue weighted by Crippen LogP contribution is -2.08. The first-order chi connectivity index (χ1) is 9.10. The molecule has 0 unspecified atom stereocenters. The molecule has 0 aliphatic carbocycles. The Bertz CT molecular complexity index is 469. The van der Waals surface area contributed by atoms with Crippen molar-refractivity contribution < 1.29 is 19.0 Å². The van der Waals surface area contributed by atoms with Crippen LogP contribution in [-0.4, -0.2) is 32.5 Å². The Hall–Kier alpha value is -2.04. The largest absolute Gasteiger partial charge is 0.497 e. The van der Waals surface area contributed by atoms with Crippen LogP contribution >= 0.6 is 0 Å². The van der Waals surface area contributed by atoms with Crippen LogP contribution in [0.3, 0.4) is 0 Å². The third-order valence-corrected chi connectivity index (χ3v) is 2.40. The quantitative estimate of drug-likeness (QED) is 0.586. The fourth-order valence-corrected chi connectivity index (χ4v) is 1.54. The minimum absolute atomic E-state index is 0.170. The Morgan fingerprint density at radius 2 is 2.00 bits per heavy atom. The summed E-state index contributed by atoms with van der Waals surface area (Å²) in [5.41, 5.74) is 1.33. The van der Waals surface area contributed by atoms with E-state index in [0.717, 1.165) is 0 Å². The predicted molar refractivity (Wildman–Crippen MR) is 73.6 cm³/mol. The maximum Gasteiger partial charge on any atom is 0.311 e. The average molecular weight is 265 g/mol. The molecule has 0 aliphatic heterocycles. The third kappa shape index (κ3) is 4.62. The molecule has 5 heteroatoms. The number of carbonyl (C=O) groups excluding carboxylic acids is 1. The molecule has 0 N–H and O–H groups in total. The SMILES string of the molecule is CCOC(=O)CC(C)=Nc1ccc(OC)cc1OC. The number of hydrogen-bond acceptors (Lipinski definition) is 5. The van der Waals surface area contributed by atoms with E-state index in [-0.39, 0.29) is 12.4 Å². The summed E-state index contributed by atoms with van der Waals surface area (Å²) in [5, 5.41) is 0. The van der Waals surface area contributed by atoms with Gasteiger partial charge in [-0.2, -0.15) is 0 Å². The monoisotopic (exact) mass is 265 g/mol. The van der Waals surface area contributed by atoms with Crippen molar-refractivity contribution in [3.63, 3.8) is 0 Å². The molecule has 19 heavy (non-hydrogen) atoms. The summed E-state index contributed by atoms with van der Waals surface area (Å²) in [7, 11) is 3.15. The third-order valence-electron chi connectivity index (χ3n) is 2.40. The number of benzene rings is 1. The van der Waals surface area contributed by atoms with E-state index >= 15 is 0 Å². The van der Waals surface area contributed by atoms with Crippen molar-refractivity contribution in [1.82, 2.24) is 0 Å². The first-order valence-electron chi connectivity index (χ1n) is 6.02. The second-order valence-electron chi connectivity index (χ2n) is 3.87. The number of rotatable bonds is 6. The molecular weight excluding hydrogens is 246 g/mol. The van der Waals surface area contributed by atoms with Gasteiger partial charge in [0.15, 0.2) is 0 Å². The zero-order chi connectivity index (χ0) is 14.3. The van der Waals surface area contributed by atoms with Gasteiger partial charge >= 0.3 is 5.97 Å². The molecule has 0 fully saturated rings. The summed E-state index contributed by atoms with van der Waals surface area (Å²) in [6.45, 7) is 3.93. The molecule has 0 aromatic heterocycles. The number of methoxy groups -OCH3 is 2. The number of hydrogen-bond donors (Lipinski definition) is 0. The highest BCUT2D eigenvalue weighted by atomic mass is 16.5. The van der Waals surface area contributed by atoms with E-state index in [1.54, 1.807) is 46.3 Å². The van der Waals surface area contributed by atoms with Crippen molar-refractivity contribution in [2.45, 2.75) is 20.3 Å². The standard InChI is InChI=1S/C14H19NO4/c1-5-19-14(16)8-10(2)15-12-7-6-11(17-3)9-13(12)18-4/h6-7,9H,5,8H2,1-4H3. The van der Waals surface area contributed by atoms with E-state index in [4.69, 9.17) is 14.2 Å². The molecule has 0 saturated carbocycles. The highest BCUT2D eigenvalue weighted by molar-refractivity contribution is 5.99. The van der Waals surface area contributed by atoms with E-state index in [1.165, 1.54) is 0 Å². The van der Waals surface area contributed by atoms with Crippen LogP contribution < -0.4 is 9.47 Å². The van der Waals surface area contributed by atoms with Gasteiger partial charge in [0.2, 0.25) is 0 Å². The van der Waals surface area contributed by atoms with Crippen LogP contribution in [0, 0.1) is 0 Å². The topological polar surface area (TPSA) is 57.1 Å². The lowest BCUT2D eigenvalue weighted by molar-refractivity contribution is -0.141. The maximum absolute atomic E-state index is 11.3. The van der Waals surface area contributed by atoms with E-state index in [9.17, 15) is 4.79 Å². The Morgan fingerprint density at radius 3 is 2.58 bits per heavy atom. The highest BCUT2D eigenvalue weighted by Crippen LogP contribution is 2.31. The van der Waals surface area contributed by atoms with Crippen molar-refractivity contribution in [1.29, 1.82) is 0 Å². The molecule has 0 radical (unpaired) electrons. The lowest BCUT2D eigenvalue weighted by Gasteiger charge is -2.08. The fraction of sp³-hybridized carbons (Fsp3) is 0.429. The molecule has 0 aliphatic rings. The molecule has 0 heterocycles. The molecule has 1 aromatic carbocycles. The molecule has 104 valence electrons. The smallest absolute Gasteiger partial charge is 0.311 e. The van der Waals surface area contributed by atoms with Crippen molar-refractivity contribution in [3.05, 3.63) is 18.2 Å². The van der Waals surface area contributed by atoms with E-state index < -0.39 is 0 Å². The van der Waals surface area contributed by atoms with Crippen LogP contribution in [0.15, 0.2) is 23.2 Å². The minimum Gasteiger partial charge on any atom is -0.497 e. The lowest BCUT2D eigenvalue weighted by atomic mass is 10.2. The first kappa shape index (κ1) is 15.0. The number of esters is 1. The number of ether oxygens (including phenoxy) is 3. The molecule has 0 saturated heterocycles. The van der Waals surface area contributed by atoms with Gasteiger partial charge in [-0.25, -0.2) is 0 Å². The summed E-state index contributed by atoms with van der Waals surface area (Å²) in [4.78, 5) is 15.7. The van der Waals surface area contributed by atoms with Gasteiger partial charge in [0.1, 0.15) is 17.2 Å². The summed E-state index contributed by atoms with van der Waals surface area (Å²) >= 11 is 0. The van der Waals surface area contributed by atoms with Gasteiger partial charge in [0.05, 0.1) is 27.2 Å². The van der Waals surface area contributed by atoms with Gasteiger partial charge in [0.25, 0.3) is 0 Å². The van der Waals surface area contributed by atoms with Crippen molar-refractivity contribution in [3.8, 4) is 11.5 Å². The Labute approximate surface area is 113 Å². The van der Waals surface area contributed by atoms with Gasteiger partial charge in [-0.15, -0.1) is 0 Å². The number of nitrogens with zero attached hydrogens (tertiary/aromatic N) is 1. The van der Waals surface area contributed by atoms with Gasteiger partial charge in [-0.05, 0) is 26.0 Å². The molecule has 0 bridgehead atoms. The van der Waals surface area contributed by atoms with Gasteiger partial charge in [-0.3, -0.25) is 9.79 Å². The normalized spacial score (nSPS) is 11.1. The molecule has 1 aromatic rings. The molecule has 0 amide bonds. The van der Waals surface area contributed by atoms with E-state index in [0.29, 0.717) is 29.5 Å². The van der Waals surface area contributed by atoms with Crippen LogP contribution in [0.5, 0.6) is 11.5 Å². The summed E-state index contributed by atoms with van der Waals surface area (Å²) < 4.78 is 15.2. The van der Waals surface area contributed by atoms with E-state index in [1.807, 2.05) is 0 Å². The summed E-state index contributed by atoms with van der Waals surface area (Å²) in [6, 6.07) is 5.32. The van der Waals surface area contributed by atoms with Crippen molar-refractivity contribution in [2.75, 3.05) is 20.8 Å². The number of aliphatic imine (C=N–C) groups is 1. The minimum atomic E-state index is -0.281. The average Bonchev–Trinajstić information content (AvgIpc) is 2.39. The molecule has 1 rings (SSSR count). The van der Waals surface area contributed by atoms with Crippen LogP contribution in [0.2, 0.25) is 0 Å². The second kappa shape index (κ2) is 7.41. The van der Waals surface area contributed by atoms with Gasteiger partial charge in [0, 0.05) is 11.8 Å². The Balaban J connectivity index is 2.87. The van der Waals surface area contributed by atoms with Crippen LogP contribution in [0.4, 0.5) is 5.69 Å². The predicted octanol–water partition coefficient (Wildman–Crippen LogP) is 2.75. The second-order valence-corrected chi connectivity index (χ2v) is 3.87. The summed E-state index contributed by atoms with van der Waals surface area (Å²) in [5.74, 6) is 1.01. The molecule has 0 atom stereocenters. The summed E-state index contributed by atoms with van der Waals surface area (Å²) in [6.07, 6.45) is 0.170. The zero-order valence-corrected chi connectivity index (χ0v) is 11.7. The Morgan fingerprint density at radius 1 is 1.26 bits per heavy atom. The maximum atomic E-state index is 11.3. The van der Waals surface area contributed by atoms with Crippen LogP contribution in [0.1, 0.15) is 20.3 Å². The number of carbonyl (C=O) groups is 1. The molecular formula is C14H19NO4. The van der Waals surface area contributed by atoms with Gasteiger partial charge < -0.3 is 14.2 Å². The molecule has 5 nitrogen and oxygen atoms in total. The highest BCUT2D eigenvalue weighted by Gasteiger charge is 2.07. The zero-order valence-electron chi connectivity index (χ0n) is 11.7. The first-order valence-corrected chi connectivity index (χ1v) is 6.02. The van der Waals surface area contributed by atoms with Crippen LogP contribution in [-0.2, 0) is 9.53 Å². The van der Waals surface area contributed by atoms with Crippen LogP contribution in [0.25, 0.3) is 0 Å². The Kier molecular flexibility index (Phi) is 5.85. The van der Waals surface area contributed by atoms with Crippen molar-refractivity contribution >= 4 is 17.4 Å². The van der Waals surface area contributed by atoms with Gasteiger partial charge in [-0.1, -0.05) is 0 Å². The van der Waals surface area contributed by atoms with Crippen molar-refractivity contribution in [2.24, 2.45) is 4.99 Å². The molecule has 0 spiro atoms. The van der Waals surface area contributed by atoms with E-state index in [2.05, 4.69) is 4.99 Å². The fourth-order valence-electron chi connectivity index (χ4n) is 1.54.